The minimum Gasteiger partial charge on any atom is -0.395 e. The molecule has 0 unspecified atom stereocenters. The Balaban J connectivity index is 1.59. The number of fused-ring (bicyclic) bond motifs is 1. The number of aliphatic hydroxyl groups excluding tert-OH is 1. The predicted molar refractivity (Wildman–Crippen MR) is 111 cm³/mol. The van der Waals surface area contributed by atoms with E-state index >= 15 is 0 Å². The van der Waals surface area contributed by atoms with E-state index in [1.54, 1.807) is 18.2 Å². The van der Waals surface area contributed by atoms with E-state index in [9.17, 15) is 18.3 Å². The molecule has 0 aromatic heterocycles. The molecule has 1 aliphatic heterocycles. The molecule has 0 spiro atoms. The second-order valence-electron chi connectivity index (χ2n) is 7.71. The molecular formula is C22H26N2O4S. The van der Waals surface area contributed by atoms with E-state index < -0.39 is 10.0 Å². The van der Waals surface area contributed by atoms with E-state index in [1.807, 2.05) is 35.2 Å². The highest BCUT2D eigenvalue weighted by molar-refractivity contribution is 7.89. The van der Waals surface area contributed by atoms with Crippen molar-refractivity contribution in [2.24, 2.45) is 5.92 Å². The van der Waals surface area contributed by atoms with Crippen molar-refractivity contribution < 1.29 is 18.3 Å². The van der Waals surface area contributed by atoms with Crippen molar-refractivity contribution >= 4 is 21.6 Å². The van der Waals surface area contributed by atoms with Crippen LogP contribution in [0, 0.1) is 5.92 Å². The molecule has 1 fully saturated rings. The first-order valence-corrected chi connectivity index (χ1v) is 11.5. The minimum absolute atomic E-state index is 0.0284. The molecular weight excluding hydrogens is 388 g/mol. The molecule has 1 heterocycles. The lowest BCUT2D eigenvalue weighted by Crippen LogP contribution is -2.37. The maximum absolute atomic E-state index is 13.2. The lowest BCUT2D eigenvalue weighted by molar-refractivity contribution is -0.124. The number of amides is 1. The second-order valence-corrected chi connectivity index (χ2v) is 9.64. The van der Waals surface area contributed by atoms with Crippen LogP contribution >= 0.6 is 0 Å². The van der Waals surface area contributed by atoms with Crippen LogP contribution in [0.1, 0.15) is 30.4 Å². The Morgan fingerprint density at radius 1 is 1.14 bits per heavy atom. The Kier molecular flexibility index (Phi) is 5.72. The van der Waals surface area contributed by atoms with Crippen LogP contribution in [0.3, 0.4) is 0 Å². The minimum atomic E-state index is -3.76. The fourth-order valence-electron chi connectivity index (χ4n) is 3.97. The van der Waals surface area contributed by atoms with Crippen LogP contribution in [0.2, 0.25) is 0 Å². The normalized spacial score (nSPS) is 16.7. The van der Waals surface area contributed by atoms with Crippen molar-refractivity contribution in [1.82, 2.24) is 4.31 Å². The molecule has 4 rings (SSSR count). The third-order valence-corrected chi connectivity index (χ3v) is 7.70. The highest BCUT2D eigenvalue weighted by atomic mass is 32.2. The zero-order valence-electron chi connectivity index (χ0n) is 16.3. The number of sulfonamides is 1. The predicted octanol–water partition coefficient (Wildman–Crippen LogP) is 2.56. The number of carbonyl (C=O) groups excluding carboxylic acids is 1. The largest absolute Gasteiger partial charge is 0.395 e. The number of hydrogen-bond acceptors (Lipinski definition) is 4. The molecule has 6 nitrogen and oxygen atoms in total. The van der Waals surface area contributed by atoms with Gasteiger partial charge in [-0.05, 0) is 48.6 Å². The Hall–Kier alpha value is -2.22. The van der Waals surface area contributed by atoms with E-state index in [2.05, 4.69) is 0 Å². The standard InChI is InChI=1S/C22H26N2O4S/c25-14-13-23(16-17-5-2-1-3-6-17)29(27,28)20-9-10-21-19(15-20)11-12-24(21)22(26)18-7-4-8-18/h1-3,5-6,9-10,15,18,25H,4,7-8,11-14,16H2. The van der Waals surface area contributed by atoms with Gasteiger partial charge in [-0.2, -0.15) is 4.31 Å². The van der Waals surface area contributed by atoms with Gasteiger partial charge in [0.05, 0.1) is 11.5 Å². The Labute approximate surface area is 171 Å². The molecule has 1 saturated carbocycles. The van der Waals surface area contributed by atoms with Gasteiger partial charge in [-0.15, -0.1) is 0 Å². The van der Waals surface area contributed by atoms with Gasteiger partial charge in [-0.25, -0.2) is 8.42 Å². The number of hydrogen-bond donors (Lipinski definition) is 1. The molecule has 2 aromatic carbocycles. The summed E-state index contributed by atoms with van der Waals surface area (Å²) in [7, 11) is -3.76. The molecule has 0 radical (unpaired) electrons. The molecule has 7 heteroatoms. The molecule has 1 amide bonds. The van der Waals surface area contributed by atoms with Crippen molar-refractivity contribution in [3.8, 4) is 0 Å². The Morgan fingerprint density at radius 3 is 2.55 bits per heavy atom. The van der Waals surface area contributed by atoms with Crippen LogP contribution in [0.5, 0.6) is 0 Å². The lowest BCUT2D eigenvalue weighted by Gasteiger charge is -2.29. The Morgan fingerprint density at radius 2 is 1.90 bits per heavy atom. The van der Waals surface area contributed by atoms with Crippen molar-refractivity contribution in [1.29, 1.82) is 0 Å². The third-order valence-electron chi connectivity index (χ3n) is 5.86. The third kappa shape index (κ3) is 3.95. The summed E-state index contributed by atoms with van der Waals surface area (Å²) >= 11 is 0. The summed E-state index contributed by atoms with van der Waals surface area (Å²) in [6.45, 7) is 0.590. The van der Waals surface area contributed by atoms with Crippen LogP contribution in [0.4, 0.5) is 5.69 Å². The fraction of sp³-hybridized carbons (Fsp3) is 0.409. The van der Waals surface area contributed by atoms with Gasteiger partial charge >= 0.3 is 0 Å². The zero-order valence-corrected chi connectivity index (χ0v) is 17.1. The molecule has 0 bridgehead atoms. The monoisotopic (exact) mass is 414 g/mol. The van der Waals surface area contributed by atoms with Crippen LogP contribution in [0.25, 0.3) is 0 Å². The first-order valence-electron chi connectivity index (χ1n) is 10.1. The van der Waals surface area contributed by atoms with Gasteiger partial charge in [-0.1, -0.05) is 36.8 Å². The number of rotatable bonds is 7. The highest BCUT2D eigenvalue weighted by Gasteiger charge is 2.34. The number of aliphatic hydroxyl groups is 1. The Bertz CT molecular complexity index is 987. The average molecular weight is 415 g/mol. The highest BCUT2D eigenvalue weighted by Crippen LogP contribution is 2.36. The van der Waals surface area contributed by atoms with Crippen molar-refractivity contribution in [3.05, 3.63) is 59.7 Å². The number of benzene rings is 2. The van der Waals surface area contributed by atoms with Gasteiger partial charge < -0.3 is 10.0 Å². The van der Waals surface area contributed by atoms with Gasteiger partial charge in [0.1, 0.15) is 0 Å². The van der Waals surface area contributed by atoms with Crippen molar-refractivity contribution in [2.45, 2.75) is 37.1 Å². The van der Waals surface area contributed by atoms with Crippen molar-refractivity contribution in [2.75, 3.05) is 24.6 Å². The summed E-state index contributed by atoms with van der Waals surface area (Å²) in [5, 5.41) is 9.41. The number of nitrogens with zero attached hydrogens (tertiary/aromatic N) is 2. The first kappa shape index (κ1) is 20.1. The van der Waals surface area contributed by atoms with Crippen LogP contribution in [0.15, 0.2) is 53.4 Å². The molecule has 2 aromatic rings. The maximum Gasteiger partial charge on any atom is 0.243 e. The van der Waals surface area contributed by atoms with E-state index in [0.29, 0.717) is 13.0 Å². The molecule has 154 valence electrons. The zero-order chi connectivity index (χ0) is 20.4. The summed E-state index contributed by atoms with van der Waals surface area (Å²) in [5.41, 5.74) is 2.59. The van der Waals surface area contributed by atoms with Crippen LogP contribution in [-0.2, 0) is 27.8 Å². The first-order chi connectivity index (χ1) is 14.0. The number of carbonyl (C=O) groups is 1. The van der Waals surface area contributed by atoms with Crippen LogP contribution in [-0.4, -0.2) is 43.4 Å². The fourth-order valence-corrected chi connectivity index (χ4v) is 5.45. The summed E-state index contributed by atoms with van der Waals surface area (Å²) in [5.74, 6) is 0.284. The van der Waals surface area contributed by atoms with Crippen LogP contribution < -0.4 is 4.90 Å². The van der Waals surface area contributed by atoms with E-state index in [0.717, 1.165) is 36.1 Å². The summed E-state index contributed by atoms with van der Waals surface area (Å²) in [6.07, 6.45) is 3.67. The SMILES string of the molecule is O=C(C1CCC1)N1CCc2cc(S(=O)(=O)N(CCO)Cc3ccccc3)ccc21. The quantitative estimate of drug-likeness (QED) is 0.755. The smallest absolute Gasteiger partial charge is 0.243 e. The molecule has 1 aliphatic carbocycles. The molecule has 2 aliphatic rings. The summed E-state index contributed by atoms with van der Waals surface area (Å²) in [4.78, 5) is 14.7. The van der Waals surface area contributed by atoms with Gasteiger partial charge in [0.2, 0.25) is 15.9 Å². The number of anilines is 1. The average Bonchev–Trinajstić information content (AvgIpc) is 3.10. The van der Waals surface area contributed by atoms with Gasteiger partial charge in [0.15, 0.2) is 0 Å². The maximum atomic E-state index is 13.2. The topological polar surface area (TPSA) is 77.9 Å². The molecule has 1 N–H and O–H groups in total. The second kappa shape index (κ2) is 8.26. The van der Waals surface area contributed by atoms with Gasteiger partial charge in [-0.3, -0.25) is 4.79 Å². The van der Waals surface area contributed by atoms with E-state index in [4.69, 9.17) is 0 Å². The van der Waals surface area contributed by atoms with Crippen molar-refractivity contribution in [3.63, 3.8) is 0 Å². The molecule has 29 heavy (non-hydrogen) atoms. The van der Waals surface area contributed by atoms with E-state index in [-0.39, 0.29) is 36.4 Å². The van der Waals surface area contributed by atoms with E-state index in [1.165, 1.54) is 4.31 Å². The van der Waals surface area contributed by atoms with Gasteiger partial charge in [0, 0.05) is 31.2 Å². The lowest BCUT2D eigenvalue weighted by atomic mass is 9.84. The summed E-state index contributed by atoms with van der Waals surface area (Å²) in [6, 6.07) is 14.4. The summed E-state index contributed by atoms with van der Waals surface area (Å²) < 4.78 is 27.8. The molecule has 0 atom stereocenters. The van der Waals surface area contributed by atoms with Gasteiger partial charge in [0.25, 0.3) is 0 Å². The molecule has 0 saturated heterocycles.